The molecule has 18 heavy (non-hydrogen) atoms. The summed E-state index contributed by atoms with van der Waals surface area (Å²) in [6, 6.07) is 12.0. The number of rotatable bonds is 2. The Morgan fingerprint density at radius 3 is 2.06 bits per heavy atom. The van der Waals surface area contributed by atoms with Gasteiger partial charge in [0.05, 0.1) is 0 Å². The smallest absolute Gasteiger partial charge is 0.193 e. The molecule has 2 aromatic carbocycles. The molecule has 0 saturated carbocycles. The van der Waals surface area contributed by atoms with Crippen LogP contribution in [0.2, 0.25) is 0 Å². The highest BCUT2D eigenvalue weighted by molar-refractivity contribution is 6.11. The maximum Gasteiger partial charge on any atom is 0.193 e. The van der Waals surface area contributed by atoms with Crippen LogP contribution in [0.3, 0.4) is 0 Å². The summed E-state index contributed by atoms with van der Waals surface area (Å²) in [5.74, 6) is 0.131. The molecule has 2 aromatic rings. The Bertz CT molecular complexity index is 589. The van der Waals surface area contributed by atoms with E-state index in [1.807, 2.05) is 64.1 Å². The standard InChI is InChI=1S/C17H18O/c1-11-8-9-12(2)15(10-11)17(18)16-13(3)6-5-7-14(16)4/h5-10H,1-4H3. The van der Waals surface area contributed by atoms with E-state index in [4.69, 9.17) is 0 Å². The van der Waals surface area contributed by atoms with Gasteiger partial charge in [-0.3, -0.25) is 4.79 Å². The van der Waals surface area contributed by atoms with Crippen LogP contribution in [-0.2, 0) is 0 Å². The zero-order chi connectivity index (χ0) is 13.3. The molecule has 1 heteroatoms. The van der Waals surface area contributed by atoms with Crippen molar-refractivity contribution in [3.8, 4) is 0 Å². The first-order chi connectivity index (χ1) is 8.50. The molecule has 0 aromatic heterocycles. The monoisotopic (exact) mass is 238 g/mol. The number of carbonyl (C=O) groups excluding carboxylic acids is 1. The zero-order valence-electron chi connectivity index (χ0n) is 11.4. The second kappa shape index (κ2) is 4.77. The molecule has 2 rings (SSSR count). The summed E-state index contributed by atoms with van der Waals surface area (Å²) in [6.45, 7) is 7.98. The lowest BCUT2D eigenvalue weighted by Gasteiger charge is -2.11. The lowest BCUT2D eigenvalue weighted by atomic mass is 9.92. The van der Waals surface area contributed by atoms with Crippen LogP contribution >= 0.6 is 0 Å². The van der Waals surface area contributed by atoms with Crippen molar-refractivity contribution in [2.45, 2.75) is 27.7 Å². The summed E-state index contributed by atoms with van der Waals surface area (Å²) < 4.78 is 0. The summed E-state index contributed by atoms with van der Waals surface area (Å²) in [5.41, 5.74) is 5.89. The first kappa shape index (κ1) is 12.6. The van der Waals surface area contributed by atoms with Crippen molar-refractivity contribution < 1.29 is 4.79 Å². The van der Waals surface area contributed by atoms with Gasteiger partial charge in [-0.1, -0.05) is 35.9 Å². The van der Waals surface area contributed by atoms with E-state index >= 15 is 0 Å². The van der Waals surface area contributed by atoms with Crippen LogP contribution in [0, 0.1) is 27.7 Å². The Hall–Kier alpha value is -1.89. The van der Waals surface area contributed by atoms with Gasteiger partial charge in [-0.25, -0.2) is 0 Å². The third-order valence-corrected chi connectivity index (χ3v) is 3.35. The molecule has 0 N–H and O–H groups in total. The highest BCUT2D eigenvalue weighted by Crippen LogP contribution is 2.21. The summed E-state index contributed by atoms with van der Waals surface area (Å²) >= 11 is 0. The second-order valence-electron chi connectivity index (χ2n) is 4.91. The van der Waals surface area contributed by atoms with Crippen molar-refractivity contribution in [3.63, 3.8) is 0 Å². The fraction of sp³-hybridized carbons (Fsp3) is 0.235. The average molecular weight is 238 g/mol. The van der Waals surface area contributed by atoms with Gasteiger partial charge in [0.1, 0.15) is 0 Å². The number of carbonyl (C=O) groups is 1. The predicted molar refractivity (Wildman–Crippen MR) is 75.3 cm³/mol. The third kappa shape index (κ3) is 2.21. The molecule has 0 aliphatic rings. The molecule has 0 heterocycles. The van der Waals surface area contributed by atoms with Gasteiger partial charge in [0, 0.05) is 11.1 Å². The molecule has 0 aliphatic carbocycles. The van der Waals surface area contributed by atoms with Gasteiger partial charge >= 0.3 is 0 Å². The number of hydrogen-bond donors (Lipinski definition) is 0. The van der Waals surface area contributed by atoms with Crippen LogP contribution in [0.1, 0.15) is 38.2 Å². The lowest BCUT2D eigenvalue weighted by molar-refractivity contribution is 0.103. The van der Waals surface area contributed by atoms with Crippen molar-refractivity contribution in [2.24, 2.45) is 0 Å². The summed E-state index contributed by atoms with van der Waals surface area (Å²) in [6.07, 6.45) is 0. The van der Waals surface area contributed by atoms with Gasteiger partial charge in [0.2, 0.25) is 0 Å². The van der Waals surface area contributed by atoms with Crippen molar-refractivity contribution in [1.82, 2.24) is 0 Å². The molecule has 0 saturated heterocycles. The molecule has 0 aliphatic heterocycles. The first-order valence-electron chi connectivity index (χ1n) is 6.19. The molecule has 0 amide bonds. The Balaban J connectivity index is 2.58. The van der Waals surface area contributed by atoms with Crippen molar-refractivity contribution >= 4 is 5.78 Å². The van der Waals surface area contributed by atoms with E-state index in [2.05, 4.69) is 0 Å². The Labute approximate surface area is 108 Å². The van der Waals surface area contributed by atoms with Crippen LogP contribution in [0.25, 0.3) is 0 Å². The zero-order valence-corrected chi connectivity index (χ0v) is 11.4. The molecule has 0 spiro atoms. The van der Waals surface area contributed by atoms with Gasteiger partial charge in [0.25, 0.3) is 0 Å². The van der Waals surface area contributed by atoms with Gasteiger partial charge in [-0.15, -0.1) is 0 Å². The molecule has 0 unspecified atom stereocenters. The van der Waals surface area contributed by atoms with E-state index in [9.17, 15) is 4.79 Å². The minimum Gasteiger partial charge on any atom is -0.289 e. The van der Waals surface area contributed by atoms with E-state index in [1.54, 1.807) is 0 Å². The van der Waals surface area contributed by atoms with Crippen LogP contribution < -0.4 is 0 Å². The van der Waals surface area contributed by atoms with Gasteiger partial charge in [-0.2, -0.15) is 0 Å². The summed E-state index contributed by atoms with van der Waals surface area (Å²) in [7, 11) is 0. The molecule has 0 bridgehead atoms. The minimum atomic E-state index is 0.131. The SMILES string of the molecule is Cc1ccc(C)c(C(=O)c2c(C)cccc2C)c1. The third-order valence-electron chi connectivity index (χ3n) is 3.35. The van der Waals surface area contributed by atoms with E-state index in [1.165, 1.54) is 0 Å². The number of hydrogen-bond acceptors (Lipinski definition) is 1. The largest absolute Gasteiger partial charge is 0.289 e. The molecule has 0 atom stereocenters. The van der Waals surface area contributed by atoms with E-state index in [0.717, 1.165) is 33.4 Å². The minimum absolute atomic E-state index is 0.131. The molecule has 92 valence electrons. The molecule has 0 fully saturated rings. The van der Waals surface area contributed by atoms with Crippen molar-refractivity contribution in [2.75, 3.05) is 0 Å². The Morgan fingerprint density at radius 1 is 0.833 bits per heavy atom. The normalized spacial score (nSPS) is 10.4. The molecule has 0 radical (unpaired) electrons. The summed E-state index contributed by atoms with van der Waals surface area (Å²) in [5, 5.41) is 0. The van der Waals surface area contributed by atoms with Crippen molar-refractivity contribution in [3.05, 3.63) is 69.8 Å². The fourth-order valence-electron chi connectivity index (χ4n) is 2.29. The Kier molecular flexibility index (Phi) is 3.33. The van der Waals surface area contributed by atoms with Crippen LogP contribution in [-0.4, -0.2) is 5.78 Å². The average Bonchev–Trinajstić information content (AvgIpc) is 2.32. The molecule has 1 nitrogen and oxygen atoms in total. The lowest BCUT2D eigenvalue weighted by Crippen LogP contribution is -2.08. The van der Waals surface area contributed by atoms with Crippen LogP contribution in [0.15, 0.2) is 36.4 Å². The molecular formula is C17H18O. The maximum absolute atomic E-state index is 12.7. The van der Waals surface area contributed by atoms with Crippen LogP contribution in [0.4, 0.5) is 0 Å². The van der Waals surface area contributed by atoms with Gasteiger partial charge in [0.15, 0.2) is 5.78 Å². The quantitative estimate of drug-likeness (QED) is 0.718. The molecular weight excluding hydrogens is 220 g/mol. The topological polar surface area (TPSA) is 17.1 Å². The highest BCUT2D eigenvalue weighted by Gasteiger charge is 2.16. The van der Waals surface area contributed by atoms with Crippen molar-refractivity contribution in [1.29, 1.82) is 0 Å². The second-order valence-corrected chi connectivity index (χ2v) is 4.91. The first-order valence-corrected chi connectivity index (χ1v) is 6.19. The van der Waals surface area contributed by atoms with Gasteiger partial charge < -0.3 is 0 Å². The number of benzene rings is 2. The van der Waals surface area contributed by atoms with Gasteiger partial charge in [-0.05, 0) is 50.5 Å². The van der Waals surface area contributed by atoms with Crippen LogP contribution in [0.5, 0.6) is 0 Å². The maximum atomic E-state index is 12.7. The summed E-state index contributed by atoms with van der Waals surface area (Å²) in [4.78, 5) is 12.7. The Morgan fingerprint density at radius 2 is 1.44 bits per heavy atom. The predicted octanol–water partition coefficient (Wildman–Crippen LogP) is 4.15. The van der Waals surface area contributed by atoms with E-state index < -0.39 is 0 Å². The number of ketones is 1. The fourth-order valence-corrected chi connectivity index (χ4v) is 2.29. The number of aryl methyl sites for hydroxylation is 4. The highest BCUT2D eigenvalue weighted by atomic mass is 16.1. The van der Waals surface area contributed by atoms with E-state index in [0.29, 0.717) is 0 Å². The van der Waals surface area contributed by atoms with E-state index in [-0.39, 0.29) is 5.78 Å².